The summed E-state index contributed by atoms with van der Waals surface area (Å²) in [6.45, 7) is 1.85. The second-order valence-electron chi connectivity index (χ2n) is 5.66. The van der Waals surface area contributed by atoms with Crippen LogP contribution >= 0.6 is 0 Å². The van der Waals surface area contributed by atoms with Crippen LogP contribution in [0.5, 0.6) is 0 Å². The second kappa shape index (κ2) is 16.2. The minimum absolute atomic E-state index is 0.234. The normalized spacial score (nSPS) is 15.1. The predicted octanol–water partition coefficient (Wildman–Crippen LogP) is 4.16. The molecule has 2 atom stereocenters. The summed E-state index contributed by atoms with van der Waals surface area (Å²) in [6, 6.07) is 0. The molecular formula is C20H32O4. The number of hydrogen-bond acceptors (Lipinski definition) is 3. The fourth-order valence-corrected chi connectivity index (χ4v) is 1.97. The lowest BCUT2D eigenvalue weighted by Gasteiger charge is -2.13. The highest BCUT2D eigenvalue weighted by molar-refractivity contribution is 5.66. The van der Waals surface area contributed by atoms with Crippen LogP contribution in [0.15, 0.2) is 48.6 Å². The standard InChI is InChI=1S/C20H32O4/c1-2-18(21)19(22)16-14-12-10-8-6-4-3-5-7-9-11-13-15-17-20(23)24/h3,5-6,8-9,11-12,14,18-19,21-22H,2,4,7,10,13,15-17H2,1H3,(H,23,24)/t18-,19+/m1/s1. The monoisotopic (exact) mass is 336 g/mol. The Balaban J connectivity index is 3.57. The van der Waals surface area contributed by atoms with Crippen LogP contribution in [0.4, 0.5) is 0 Å². The van der Waals surface area contributed by atoms with Crippen LogP contribution in [0.2, 0.25) is 0 Å². The van der Waals surface area contributed by atoms with Gasteiger partial charge in [0.1, 0.15) is 0 Å². The molecule has 0 aliphatic carbocycles. The molecule has 0 bridgehead atoms. The highest BCUT2D eigenvalue weighted by atomic mass is 16.4. The van der Waals surface area contributed by atoms with Crippen molar-refractivity contribution in [3.8, 4) is 0 Å². The number of hydrogen-bond donors (Lipinski definition) is 3. The van der Waals surface area contributed by atoms with Crippen molar-refractivity contribution in [2.45, 2.75) is 70.5 Å². The second-order valence-corrected chi connectivity index (χ2v) is 5.66. The summed E-state index contributed by atoms with van der Waals surface area (Å²) in [5.74, 6) is -0.736. The van der Waals surface area contributed by atoms with Gasteiger partial charge in [-0.2, -0.15) is 0 Å². The summed E-state index contributed by atoms with van der Waals surface area (Å²) >= 11 is 0. The lowest BCUT2D eigenvalue weighted by atomic mass is 10.1. The minimum Gasteiger partial charge on any atom is -0.481 e. The highest BCUT2D eigenvalue weighted by Gasteiger charge is 2.11. The fourth-order valence-electron chi connectivity index (χ4n) is 1.97. The summed E-state index contributed by atoms with van der Waals surface area (Å²) < 4.78 is 0. The fraction of sp³-hybridized carbons (Fsp3) is 0.550. The van der Waals surface area contributed by atoms with E-state index in [0.717, 1.165) is 25.7 Å². The van der Waals surface area contributed by atoms with Gasteiger partial charge in [0.25, 0.3) is 0 Å². The number of allylic oxidation sites excluding steroid dienone is 7. The van der Waals surface area contributed by atoms with Gasteiger partial charge in [0.05, 0.1) is 12.2 Å². The van der Waals surface area contributed by atoms with Gasteiger partial charge in [-0.1, -0.05) is 55.5 Å². The zero-order chi connectivity index (χ0) is 18.0. The first-order valence-electron chi connectivity index (χ1n) is 8.75. The quantitative estimate of drug-likeness (QED) is 0.329. The Bertz CT molecular complexity index is 421. The first kappa shape index (κ1) is 22.4. The average Bonchev–Trinajstić information content (AvgIpc) is 2.57. The van der Waals surface area contributed by atoms with E-state index in [1.165, 1.54) is 0 Å². The third-order valence-corrected chi connectivity index (χ3v) is 3.48. The molecule has 0 saturated heterocycles. The van der Waals surface area contributed by atoms with Crippen molar-refractivity contribution >= 4 is 5.97 Å². The van der Waals surface area contributed by atoms with Gasteiger partial charge in [-0.15, -0.1) is 0 Å². The molecule has 0 aliphatic rings. The number of carboxylic acids is 1. The molecule has 0 aliphatic heterocycles. The molecule has 0 fully saturated rings. The number of carbonyl (C=O) groups is 1. The molecule has 0 heterocycles. The van der Waals surface area contributed by atoms with Gasteiger partial charge >= 0.3 is 5.97 Å². The summed E-state index contributed by atoms with van der Waals surface area (Å²) in [5, 5.41) is 27.5. The SMILES string of the molecule is CC[C@@H](O)[C@@H](O)CC=CCC=CCC=CCC=CCCCC(=O)O. The Morgan fingerprint density at radius 1 is 0.833 bits per heavy atom. The predicted molar refractivity (Wildman–Crippen MR) is 98.8 cm³/mol. The smallest absolute Gasteiger partial charge is 0.303 e. The summed E-state index contributed by atoms with van der Waals surface area (Å²) in [4.78, 5) is 10.3. The topological polar surface area (TPSA) is 77.8 Å². The lowest BCUT2D eigenvalue weighted by Crippen LogP contribution is -2.23. The van der Waals surface area contributed by atoms with E-state index >= 15 is 0 Å². The van der Waals surface area contributed by atoms with Crippen LogP contribution in [-0.4, -0.2) is 33.5 Å². The molecule has 0 amide bonds. The molecule has 0 rings (SSSR count). The third-order valence-electron chi connectivity index (χ3n) is 3.48. The molecule has 3 N–H and O–H groups in total. The molecule has 0 unspecified atom stereocenters. The van der Waals surface area contributed by atoms with Gasteiger partial charge in [0.15, 0.2) is 0 Å². The van der Waals surface area contributed by atoms with Crippen LogP contribution in [0.1, 0.15) is 58.3 Å². The maximum atomic E-state index is 10.3. The van der Waals surface area contributed by atoms with Gasteiger partial charge in [-0.3, -0.25) is 4.79 Å². The molecule has 0 radical (unpaired) electrons. The Kier molecular flexibility index (Phi) is 15.1. The summed E-state index contributed by atoms with van der Waals surface area (Å²) in [6.07, 6.45) is 20.4. The Morgan fingerprint density at radius 2 is 1.33 bits per heavy atom. The van der Waals surface area contributed by atoms with Crippen molar-refractivity contribution < 1.29 is 20.1 Å². The van der Waals surface area contributed by atoms with Crippen molar-refractivity contribution in [3.05, 3.63) is 48.6 Å². The van der Waals surface area contributed by atoms with Crippen molar-refractivity contribution in [2.24, 2.45) is 0 Å². The molecule has 0 aromatic carbocycles. The Morgan fingerprint density at radius 3 is 1.83 bits per heavy atom. The van der Waals surface area contributed by atoms with E-state index in [9.17, 15) is 15.0 Å². The molecule has 0 aromatic heterocycles. The van der Waals surface area contributed by atoms with Crippen LogP contribution in [-0.2, 0) is 4.79 Å². The first-order valence-corrected chi connectivity index (χ1v) is 8.75. The lowest BCUT2D eigenvalue weighted by molar-refractivity contribution is -0.137. The number of unbranched alkanes of at least 4 members (excludes halogenated alkanes) is 1. The van der Waals surface area contributed by atoms with E-state index in [1.54, 1.807) is 0 Å². The number of carboxylic acid groups (broad SMARTS) is 1. The Hall–Kier alpha value is -1.65. The molecule has 4 nitrogen and oxygen atoms in total. The molecular weight excluding hydrogens is 304 g/mol. The van der Waals surface area contributed by atoms with E-state index in [-0.39, 0.29) is 6.42 Å². The van der Waals surface area contributed by atoms with Gasteiger partial charge < -0.3 is 15.3 Å². The summed E-state index contributed by atoms with van der Waals surface area (Å²) in [5.41, 5.74) is 0. The van der Waals surface area contributed by atoms with Gasteiger partial charge in [0.2, 0.25) is 0 Å². The molecule has 24 heavy (non-hydrogen) atoms. The number of aliphatic hydroxyl groups excluding tert-OH is 2. The zero-order valence-electron chi connectivity index (χ0n) is 14.7. The largest absolute Gasteiger partial charge is 0.481 e. The molecule has 136 valence electrons. The molecule has 4 heteroatoms. The van der Waals surface area contributed by atoms with E-state index < -0.39 is 18.2 Å². The van der Waals surface area contributed by atoms with E-state index in [1.807, 2.05) is 25.2 Å². The first-order chi connectivity index (χ1) is 11.6. The Labute approximate surface area is 145 Å². The van der Waals surface area contributed by atoms with Crippen LogP contribution in [0.3, 0.4) is 0 Å². The van der Waals surface area contributed by atoms with Gasteiger partial charge in [0, 0.05) is 6.42 Å². The number of aliphatic carboxylic acids is 1. The zero-order valence-corrected chi connectivity index (χ0v) is 14.7. The third kappa shape index (κ3) is 15.3. The van der Waals surface area contributed by atoms with Crippen LogP contribution < -0.4 is 0 Å². The summed E-state index contributed by atoms with van der Waals surface area (Å²) in [7, 11) is 0. The maximum absolute atomic E-state index is 10.3. The highest BCUT2D eigenvalue weighted by Crippen LogP contribution is 2.04. The van der Waals surface area contributed by atoms with Crippen molar-refractivity contribution in [1.29, 1.82) is 0 Å². The maximum Gasteiger partial charge on any atom is 0.303 e. The van der Waals surface area contributed by atoms with Crippen molar-refractivity contribution in [2.75, 3.05) is 0 Å². The van der Waals surface area contributed by atoms with Gasteiger partial charge in [-0.05, 0) is 44.9 Å². The van der Waals surface area contributed by atoms with Crippen LogP contribution in [0, 0.1) is 0 Å². The van der Waals surface area contributed by atoms with E-state index in [4.69, 9.17) is 5.11 Å². The molecule has 0 aromatic rings. The van der Waals surface area contributed by atoms with E-state index in [2.05, 4.69) is 30.4 Å². The molecule has 0 spiro atoms. The van der Waals surface area contributed by atoms with Crippen molar-refractivity contribution in [3.63, 3.8) is 0 Å². The minimum atomic E-state index is -0.736. The number of rotatable bonds is 14. The van der Waals surface area contributed by atoms with Gasteiger partial charge in [-0.25, -0.2) is 0 Å². The average molecular weight is 336 g/mol. The van der Waals surface area contributed by atoms with Crippen molar-refractivity contribution in [1.82, 2.24) is 0 Å². The number of aliphatic hydroxyl groups is 2. The molecule has 0 saturated carbocycles. The van der Waals surface area contributed by atoms with Crippen LogP contribution in [0.25, 0.3) is 0 Å². The van der Waals surface area contributed by atoms with E-state index in [0.29, 0.717) is 19.3 Å².